The van der Waals surface area contributed by atoms with Gasteiger partial charge in [0.15, 0.2) is 0 Å². The monoisotopic (exact) mass is 356 g/mol. The summed E-state index contributed by atoms with van der Waals surface area (Å²) >= 11 is 0. The van der Waals surface area contributed by atoms with E-state index in [0.29, 0.717) is 6.54 Å². The molecule has 132 valence electrons. The van der Waals surface area contributed by atoms with Crippen LogP contribution in [0.3, 0.4) is 0 Å². The van der Waals surface area contributed by atoms with Gasteiger partial charge in [0, 0.05) is 20.1 Å². The van der Waals surface area contributed by atoms with Crippen LogP contribution in [0.4, 0.5) is 18.9 Å². The molecule has 1 amide bonds. The molecule has 0 saturated carbocycles. The number of benzene rings is 1. The maximum atomic E-state index is 12.8. The topological polar surface area (TPSA) is 59.6 Å². The molecular weight excluding hydrogens is 337 g/mol. The molecule has 0 aromatic heterocycles. The van der Waals surface area contributed by atoms with Crippen LogP contribution in [0.25, 0.3) is 0 Å². The number of ether oxygens (including phenoxy) is 2. The fourth-order valence-electron chi connectivity index (χ4n) is 1.62. The van der Waals surface area contributed by atoms with Crippen molar-refractivity contribution in [2.45, 2.75) is 12.6 Å². The molecule has 0 unspecified atom stereocenters. The Bertz CT molecular complexity index is 499. The van der Waals surface area contributed by atoms with Gasteiger partial charge >= 0.3 is 6.18 Å². The van der Waals surface area contributed by atoms with E-state index >= 15 is 0 Å². The van der Waals surface area contributed by atoms with Gasteiger partial charge in [0.1, 0.15) is 12.4 Å². The van der Waals surface area contributed by atoms with Crippen molar-refractivity contribution in [2.75, 3.05) is 39.2 Å². The third-order valence-electron chi connectivity index (χ3n) is 2.73. The van der Waals surface area contributed by atoms with Crippen molar-refractivity contribution >= 4 is 24.0 Å². The lowest BCUT2D eigenvalue weighted by Gasteiger charge is -2.15. The van der Waals surface area contributed by atoms with Crippen molar-refractivity contribution in [1.29, 1.82) is 0 Å². The van der Waals surface area contributed by atoms with E-state index in [4.69, 9.17) is 9.47 Å². The molecule has 1 aromatic carbocycles. The molecule has 0 spiro atoms. The first kappa shape index (κ1) is 21.5. The fourth-order valence-corrected chi connectivity index (χ4v) is 1.62. The van der Waals surface area contributed by atoms with Crippen LogP contribution in [0.5, 0.6) is 5.75 Å². The Morgan fingerprint density at radius 1 is 1.26 bits per heavy atom. The van der Waals surface area contributed by atoms with E-state index < -0.39 is 17.6 Å². The van der Waals surface area contributed by atoms with Crippen LogP contribution in [0.2, 0.25) is 0 Å². The Kier molecular flexibility index (Phi) is 9.62. The summed E-state index contributed by atoms with van der Waals surface area (Å²) in [4.78, 5) is 11.7. The molecule has 5 nitrogen and oxygen atoms in total. The van der Waals surface area contributed by atoms with E-state index in [0.717, 1.165) is 12.1 Å². The summed E-state index contributed by atoms with van der Waals surface area (Å²) in [7, 11) is 3.16. The molecule has 0 fully saturated rings. The first-order chi connectivity index (χ1) is 10.4. The third-order valence-corrected chi connectivity index (χ3v) is 2.73. The van der Waals surface area contributed by atoms with E-state index in [-0.39, 0.29) is 43.5 Å². The maximum Gasteiger partial charge on any atom is 0.416 e. The number of hydrogen-bond acceptors (Lipinski definition) is 4. The summed E-state index contributed by atoms with van der Waals surface area (Å²) in [6, 6.07) is 2.96. The maximum absolute atomic E-state index is 12.8. The molecule has 0 heterocycles. The highest BCUT2D eigenvalue weighted by Crippen LogP contribution is 2.35. The van der Waals surface area contributed by atoms with Gasteiger partial charge in [-0.15, -0.1) is 12.4 Å². The standard InChI is InChI=1S/C14H19F3N2O3.ClH/c1-18-6-5-13(20)19-11-9-10(14(15,16)17)3-4-12(11)22-8-7-21-2;/h3-4,9,18H,5-8H2,1-2H3,(H,19,20);1H. The molecule has 1 rings (SSSR count). The normalized spacial score (nSPS) is 10.8. The molecule has 0 bridgehead atoms. The SMILES string of the molecule is CNCCC(=O)Nc1cc(C(F)(F)F)ccc1OCCOC.Cl. The van der Waals surface area contributed by atoms with Crippen molar-refractivity contribution in [3.05, 3.63) is 23.8 Å². The highest BCUT2D eigenvalue weighted by molar-refractivity contribution is 5.92. The van der Waals surface area contributed by atoms with Gasteiger partial charge < -0.3 is 20.1 Å². The predicted molar refractivity (Wildman–Crippen MR) is 83.2 cm³/mol. The van der Waals surface area contributed by atoms with E-state index in [1.807, 2.05) is 0 Å². The fraction of sp³-hybridized carbons (Fsp3) is 0.500. The minimum absolute atomic E-state index is 0. The van der Waals surface area contributed by atoms with Gasteiger partial charge in [-0.3, -0.25) is 4.79 Å². The average Bonchev–Trinajstić information content (AvgIpc) is 2.45. The minimum atomic E-state index is -4.49. The number of alkyl halides is 3. The molecule has 0 aliphatic heterocycles. The number of hydrogen-bond donors (Lipinski definition) is 2. The first-order valence-corrected chi connectivity index (χ1v) is 6.66. The Labute approximate surface area is 138 Å². The molecule has 0 saturated heterocycles. The molecular formula is C14H20ClF3N2O3. The zero-order valence-electron chi connectivity index (χ0n) is 12.8. The Morgan fingerprint density at radius 3 is 2.52 bits per heavy atom. The second kappa shape index (κ2) is 10.3. The quantitative estimate of drug-likeness (QED) is 0.703. The van der Waals surface area contributed by atoms with Gasteiger partial charge in [0.25, 0.3) is 0 Å². The van der Waals surface area contributed by atoms with Crippen LogP contribution < -0.4 is 15.4 Å². The largest absolute Gasteiger partial charge is 0.489 e. The molecule has 0 aliphatic rings. The summed E-state index contributed by atoms with van der Waals surface area (Å²) in [5.41, 5.74) is -0.859. The first-order valence-electron chi connectivity index (χ1n) is 6.66. The van der Waals surface area contributed by atoms with Crippen molar-refractivity contribution in [1.82, 2.24) is 5.32 Å². The second-order valence-electron chi connectivity index (χ2n) is 4.45. The number of nitrogens with one attached hydrogen (secondary N) is 2. The number of carbonyl (C=O) groups excluding carboxylic acids is 1. The highest BCUT2D eigenvalue weighted by Gasteiger charge is 2.31. The van der Waals surface area contributed by atoms with Crippen LogP contribution in [0.15, 0.2) is 18.2 Å². The Balaban J connectivity index is 0.00000484. The van der Waals surface area contributed by atoms with Crippen molar-refractivity contribution in [2.24, 2.45) is 0 Å². The third kappa shape index (κ3) is 7.54. The van der Waals surface area contributed by atoms with Crippen LogP contribution in [0.1, 0.15) is 12.0 Å². The molecule has 1 aromatic rings. The van der Waals surface area contributed by atoms with Gasteiger partial charge in [-0.2, -0.15) is 13.2 Å². The van der Waals surface area contributed by atoms with E-state index in [1.165, 1.54) is 13.2 Å². The van der Waals surface area contributed by atoms with Gasteiger partial charge in [-0.25, -0.2) is 0 Å². The Morgan fingerprint density at radius 2 is 1.96 bits per heavy atom. The smallest absolute Gasteiger partial charge is 0.416 e. The molecule has 0 aliphatic carbocycles. The highest BCUT2D eigenvalue weighted by atomic mass is 35.5. The molecule has 0 radical (unpaired) electrons. The Hall–Kier alpha value is -1.51. The summed E-state index contributed by atoms with van der Waals surface area (Å²) < 4.78 is 48.4. The average molecular weight is 357 g/mol. The van der Waals surface area contributed by atoms with Gasteiger partial charge in [-0.1, -0.05) is 0 Å². The summed E-state index contributed by atoms with van der Waals surface area (Å²) in [6.07, 6.45) is -4.35. The van der Waals surface area contributed by atoms with Crippen molar-refractivity contribution < 1.29 is 27.4 Å². The summed E-state index contributed by atoms with van der Waals surface area (Å²) in [5.74, 6) is -0.229. The molecule has 9 heteroatoms. The van der Waals surface area contributed by atoms with Crippen molar-refractivity contribution in [3.8, 4) is 5.75 Å². The molecule has 23 heavy (non-hydrogen) atoms. The van der Waals surface area contributed by atoms with Crippen LogP contribution >= 0.6 is 12.4 Å². The van der Waals surface area contributed by atoms with Gasteiger partial charge in [0.2, 0.25) is 5.91 Å². The number of methoxy groups -OCH3 is 1. The number of anilines is 1. The predicted octanol–water partition coefficient (Wildman–Crippen LogP) is 2.70. The lowest BCUT2D eigenvalue weighted by atomic mass is 10.1. The number of halogens is 4. The zero-order chi connectivity index (χ0) is 16.6. The van der Waals surface area contributed by atoms with E-state index in [9.17, 15) is 18.0 Å². The van der Waals surface area contributed by atoms with Crippen LogP contribution in [-0.2, 0) is 15.7 Å². The summed E-state index contributed by atoms with van der Waals surface area (Å²) in [5, 5.41) is 5.23. The van der Waals surface area contributed by atoms with Crippen LogP contribution in [0, 0.1) is 0 Å². The number of amides is 1. The minimum Gasteiger partial charge on any atom is -0.489 e. The molecule has 0 atom stereocenters. The van der Waals surface area contributed by atoms with Crippen molar-refractivity contribution in [3.63, 3.8) is 0 Å². The molecule has 2 N–H and O–H groups in total. The van der Waals surface area contributed by atoms with E-state index in [2.05, 4.69) is 10.6 Å². The lowest BCUT2D eigenvalue weighted by molar-refractivity contribution is -0.137. The van der Waals surface area contributed by atoms with Gasteiger partial charge in [-0.05, 0) is 25.2 Å². The lowest BCUT2D eigenvalue weighted by Crippen LogP contribution is -2.19. The second-order valence-corrected chi connectivity index (χ2v) is 4.45. The van der Waals surface area contributed by atoms with E-state index in [1.54, 1.807) is 7.05 Å². The van der Waals surface area contributed by atoms with Gasteiger partial charge in [0.05, 0.1) is 17.9 Å². The number of carbonyl (C=O) groups is 1. The van der Waals surface area contributed by atoms with Crippen LogP contribution in [-0.4, -0.2) is 39.8 Å². The summed E-state index contributed by atoms with van der Waals surface area (Å²) in [6.45, 7) is 0.875. The zero-order valence-corrected chi connectivity index (χ0v) is 13.6. The number of rotatable bonds is 8.